The quantitative estimate of drug-likeness (QED) is 0.273. The molecule has 0 rings (SSSR count). The second-order valence-electron chi connectivity index (χ2n) is 2.27. The van der Waals surface area contributed by atoms with Gasteiger partial charge in [-0.1, -0.05) is 6.58 Å². The first kappa shape index (κ1) is 11.1. The molecule has 0 aromatic carbocycles. The highest BCUT2D eigenvalue weighted by molar-refractivity contribution is 5.86. The van der Waals surface area contributed by atoms with Gasteiger partial charge in [-0.15, -0.1) is 0 Å². The van der Waals surface area contributed by atoms with E-state index in [2.05, 4.69) is 16.4 Å². The van der Waals surface area contributed by atoms with E-state index in [1.54, 1.807) is 6.92 Å². The molecule has 4 nitrogen and oxygen atoms in total. The Bertz CT molecular complexity index is 164. The number of carbonyl (C=O) groups excluding carboxylic acids is 1. The van der Waals surface area contributed by atoms with Gasteiger partial charge in [-0.2, -0.15) is 4.89 Å². The van der Waals surface area contributed by atoms with Gasteiger partial charge in [0, 0.05) is 12.2 Å². The SMILES string of the molecule is C=C(C)C(=O)OOC(C)OCC. The maximum atomic E-state index is 10.7. The number of ether oxygens (including phenoxy) is 1. The average Bonchev–Trinajstić information content (AvgIpc) is 2.00. The lowest BCUT2D eigenvalue weighted by Gasteiger charge is -2.10. The third kappa shape index (κ3) is 4.87. The van der Waals surface area contributed by atoms with Crippen molar-refractivity contribution in [3.8, 4) is 0 Å². The first-order valence-corrected chi connectivity index (χ1v) is 3.72. The van der Waals surface area contributed by atoms with Crippen LogP contribution in [0, 0.1) is 0 Å². The molecule has 0 aliphatic carbocycles. The predicted molar refractivity (Wildman–Crippen MR) is 43.1 cm³/mol. The molecular weight excluding hydrogens is 160 g/mol. The van der Waals surface area contributed by atoms with Crippen LogP contribution in [0.15, 0.2) is 12.2 Å². The lowest BCUT2D eigenvalue weighted by molar-refractivity contribution is -0.343. The molecule has 0 aliphatic rings. The molecule has 0 N–H and O–H groups in total. The minimum absolute atomic E-state index is 0.290. The van der Waals surface area contributed by atoms with Crippen molar-refractivity contribution in [3.05, 3.63) is 12.2 Å². The second kappa shape index (κ2) is 5.74. The fourth-order valence-electron chi connectivity index (χ4n) is 0.445. The molecule has 0 amide bonds. The molecule has 1 unspecified atom stereocenters. The molecule has 0 aliphatic heterocycles. The van der Waals surface area contributed by atoms with E-state index in [9.17, 15) is 4.79 Å². The summed E-state index contributed by atoms with van der Waals surface area (Å²) in [7, 11) is 0. The molecule has 0 saturated heterocycles. The molecule has 0 heterocycles. The van der Waals surface area contributed by atoms with Crippen LogP contribution < -0.4 is 0 Å². The van der Waals surface area contributed by atoms with Crippen LogP contribution in [0.2, 0.25) is 0 Å². The molecule has 0 fully saturated rings. The van der Waals surface area contributed by atoms with Gasteiger partial charge in [0.2, 0.25) is 0 Å². The molecule has 0 bridgehead atoms. The van der Waals surface area contributed by atoms with Crippen LogP contribution in [-0.2, 0) is 19.3 Å². The lowest BCUT2D eigenvalue weighted by Crippen LogP contribution is -2.16. The van der Waals surface area contributed by atoms with E-state index >= 15 is 0 Å². The van der Waals surface area contributed by atoms with Gasteiger partial charge in [-0.05, 0) is 20.8 Å². The minimum Gasteiger partial charge on any atom is -0.349 e. The monoisotopic (exact) mass is 174 g/mol. The Morgan fingerprint density at radius 1 is 1.58 bits per heavy atom. The highest BCUT2D eigenvalue weighted by Crippen LogP contribution is 1.98. The van der Waals surface area contributed by atoms with Crippen LogP contribution in [0.25, 0.3) is 0 Å². The van der Waals surface area contributed by atoms with Crippen molar-refractivity contribution in [1.29, 1.82) is 0 Å². The summed E-state index contributed by atoms with van der Waals surface area (Å²) in [5.74, 6) is -0.582. The van der Waals surface area contributed by atoms with Gasteiger partial charge in [-0.25, -0.2) is 4.79 Å². The molecular formula is C8H14O4. The van der Waals surface area contributed by atoms with Crippen LogP contribution in [-0.4, -0.2) is 18.9 Å². The molecule has 1 atom stereocenters. The Labute approximate surface area is 72.0 Å². The van der Waals surface area contributed by atoms with Crippen molar-refractivity contribution in [3.63, 3.8) is 0 Å². The zero-order chi connectivity index (χ0) is 9.56. The van der Waals surface area contributed by atoms with Gasteiger partial charge in [0.15, 0.2) is 6.29 Å². The number of carbonyl (C=O) groups is 1. The molecule has 70 valence electrons. The Morgan fingerprint density at radius 3 is 2.58 bits per heavy atom. The molecule has 4 heteroatoms. The Hall–Kier alpha value is -0.870. The van der Waals surface area contributed by atoms with Crippen LogP contribution in [0.3, 0.4) is 0 Å². The Kier molecular flexibility index (Phi) is 5.32. The highest BCUT2D eigenvalue weighted by Gasteiger charge is 2.07. The van der Waals surface area contributed by atoms with Crippen molar-refractivity contribution in [2.75, 3.05) is 6.61 Å². The number of hydrogen-bond donors (Lipinski definition) is 0. The molecule has 0 aromatic heterocycles. The van der Waals surface area contributed by atoms with Crippen LogP contribution in [0.5, 0.6) is 0 Å². The average molecular weight is 174 g/mol. The van der Waals surface area contributed by atoms with E-state index in [-0.39, 0.29) is 0 Å². The summed E-state index contributed by atoms with van der Waals surface area (Å²) < 4.78 is 4.94. The van der Waals surface area contributed by atoms with Gasteiger partial charge < -0.3 is 4.74 Å². The zero-order valence-corrected chi connectivity index (χ0v) is 7.62. The molecule has 0 aromatic rings. The Balaban J connectivity index is 3.54. The van der Waals surface area contributed by atoms with E-state index in [1.165, 1.54) is 6.92 Å². The first-order chi connectivity index (χ1) is 5.57. The van der Waals surface area contributed by atoms with E-state index in [0.29, 0.717) is 12.2 Å². The van der Waals surface area contributed by atoms with Gasteiger partial charge in [0.1, 0.15) is 0 Å². The number of rotatable bonds is 5. The minimum atomic E-state index is -0.582. The summed E-state index contributed by atoms with van der Waals surface area (Å²) in [6, 6.07) is 0. The second-order valence-corrected chi connectivity index (χ2v) is 2.27. The molecule has 0 saturated carbocycles. The van der Waals surface area contributed by atoms with Crippen molar-refractivity contribution < 1.29 is 19.3 Å². The Morgan fingerprint density at radius 2 is 2.17 bits per heavy atom. The van der Waals surface area contributed by atoms with Gasteiger partial charge in [0.05, 0.1) is 0 Å². The topological polar surface area (TPSA) is 44.8 Å². The summed E-state index contributed by atoms with van der Waals surface area (Å²) in [6.45, 7) is 8.88. The third-order valence-electron chi connectivity index (χ3n) is 1.01. The van der Waals surface area contributed by atoms with Crippen LogP contribution >= 0.6 is 0 Å². The van der Waals surface area contributed by atoms with Crippen LogP contribution in [0.1, 0.15) is 20.8 Å². The van der Waals surface area contributed by atoms with Gasteiger partial charge in [-0.3, -0.25) is 4.89 Å². The third-order valence-corrected chi connectivity index (χ3v) is 1.01. The maximum absolute atomic E-state index is 10.7. The summed E-state index contributed by atoms with van der Waals surface area (Å²) in [6.07, 6.45) is -0.543. The zero-order valence-electron chi connectivity index (χ0n) is 7.62. The largest absolute Gasteiger partial charge is 0.368 e. The standard InChI is InChI=1S/C8H14O4/c1-5-10-7(4)11-12-8(9)6(2)3/h7H,2,5H2,1,3-4H3. The normalized spacial score (nSPS) is 12.2. The predicted octanol–water partition coefficient (Wildman–Crippen LogP) is 1.42. The van der Waals surface area contributed by atoms with Crippen molar-refractivity contribution >= 4 is 5.97 Å². The highest BCUT2D eigenvalue weighted by atomic mass is 17.2. The smallest absolute Gasteiger partial charge is 0.349 e. The van der Waals surface area contributed by atoms with Gasteiger partial charge in [0.25, 0.3) is 0 Å². The molecule has 12 heavy (non-hydrogen) atoms. The van der Waals surface area contributed by atoms with E-state index in [4.69, 9.17) is 4.74 Å². The summed E-state index contributed by atoms with van der Waals surface area (Å²) >= 11 is 0. The van der Waals surface area contributed by atoms with Crippen molar-refractivity contribution in [1.82, 2.24) is 0 Å². The first-order valence-electron chi connectivity index (χ1n) is 3.72. The summed E-state index contributed by atoms with van der Waals surface area (Å²) in [5, 5.41) is 0. The lowest BCUT2D eigenvalue weighted by atomic mass is 10.4. The fourth-order valence-corrected chi connectivity index (χ4v) is 0.445. The van der Waals surface area contributed by atoms with Crippen molar-refractivity contribution in [2.24, 2.45) is 0 Å². The molecule has 0 spiro atoms. The summed E-state index contributed by atoms with van der Waals surface area (Å²) in [4.78, 5) is 19.7. The fraction of sp³-hybridized carbons (Fsp3) is 0.625. The van der Waals surface area contributed by atoms with Crippen molar-refractivity contribution in [2.45, 2.75) is 27.1 Å². The summed E-state index contributed by atoms with van der Waals surface area (Å²) in [5.41, 5.74) is 0.290. The van der Waals surface area contributed by atoms with E-state index in [0.717, 1.165) is 0 Å². The van der Waals surface area contributed by atoms with Gasteiger partial charge >= 0.3 is 5.97 Å². The van der Waals surface area contributed by atoms with Crippen LogP contribution in [0.4, 0.5) is 0 Å². The van der Waals surface area contributed by atoms with E-state index in [1.807, 2.05) is 6.92 Å². The molecule has 0 radical (unpaired) electrons. The number of hydrogen-bond acceptors (Lipinski definition) is 4. The maximum Gasteiger partial charge on any atom is 0.368 e. The van der Waals surface area contributed by atoms with E-state index < -0.39 is 12.3 Å².